The summed E-state index contributed by atoms with van der Waals surface area (Å²) < 4.78 is 5.13. The highest BCUT2D eigenvalue weighted by molar-refractivity contribution is 6.32. The maximum Gasteiger partial charge on any atom is 0.304 e. The molecular weight excluding hydrogens is 268 g/mol. The lowest BCUT2D eigenvalue weighted by Crippen LogP contribution is -2.23. The summed E-state index contributed by atoms with van der Waals surface area (Å²) in [6, 6.07) is 1.68. The first kappa shape index (κ1) is 15.6. The van der Waals surface area contributed by atoms with E-state index in [1.807, 2.05) is 6.92 Å². The lowest BCUT2D eigenvalue weighted by Gasteiger charge is -2.27. The number of carboxylic acids is 1. The van der Waals surface area contributed by atoms with Crippen molar-refractivity contribution in [3.63, 3.8) is 0 Å². The highest BCUT2D eigenvalue weighted by Crippen LogP contribution is 2.45. The summed E-state index contributed by atoms with van der Waals surface area (Å²) in [6.07, 6.45) is 0.544. The number of carboxylic acid groups (broad SMARTS) is 1. The van der Waals surface area contributed by atoms with Gasteiger partial charge in [-0.05, 0) is 18.1 Å². The fourth-order valence-corrected chi connectivity index (χ4v) is 2.71. The number of methoxy groups -OCH3 is 1. The third-order valence-electron chi connectivity index (χ3n) is 3.15. The van der Waals surface area contributed by atoms with Crippen molar-refractivity contribution >= 4 is 17.6 Å². The molecule has 1 rings (SSSR count). The van der Waals surface area contributed by atoms with Crippen molar-refractivity contribution in [1.82, 2.24) is 0 Å². The Labute approximate surface area is 118 Å². The molecule has 0 radical (unpaired) electrons. The molecule has 0 saturated carbocycles. The van der Waals surface area contributed by atoms with E-state index >= 15 is 0 Å². The maximum absolute atomic E-state index is 11.0. The van der Waals surface area contributed by atoms with Crippen molar-refractivity contribution in [2.24, 2.45) is 0 Å². The molecule has 0 aromatic heterocycles. The molecule has 1 aromatic rings. The Morgan fingerprint density at radius 1 is 1.47 bits per heavy atom. The zero-order valence-electron chi connectivity index (χ0n) is 11.6. The molecule has 19 heavy (non-hydrogen) atoms. The average molecular weight is 287 g/mol. The number of hydrogen-bond donors (Lipinski definition) is 2. The molecule has 0 aliphatic heterocycles. The Balaban J connectivity index is 3.52. The minimum atomic E-state index is -0.943. The molecule has 106 valence electrons. The van der Waals surface area contributed by atoms with E-state index in [4.69, 9.17) is 21.4 Å². The fraction of sp³-hybridized carbons (Fsp3) is 0.500. The number of aryl methyl sites for hydroxylation is 1. The SMILES string of the molecule is CCc1cc(OC)c(O)c(C(C)(C)CC(=O)O)c1Cl. The van der Waals surface area contributed by atoms with Crippen LogP contribution in [0, 0.1) is 0 Å². The van der Waals surface area contributed by atoms with Crippen LogP contribution in [0.2, 0.25) is 5.02 Å². The molecule has 0 saturated heterocycles. The Morgan fingerprint density at radius 3 is 2.47 bits per heavy atom. The van der Waals surface area contributed by atoms with Gasteiger partial charge in [0.2, 0.25) is 0 Å². The van der Waals surface area contributed by atoms with Gasteiger partial charge in [0.1, 0.15) is 0 Å². The molecule has 0 aliphatic carbocycles. The molecule has 0 heterocycles. The van der Waals surface area contributed by atoms with Gasteiger partial charge in [-0.15, -0.1) is 0 Å². The minimum Gasteiger partial charge on any atom is -0.504 e. The van der Waals surface area contributed by atoms with Crippen molar-refractivity contribution in [3.05, 3.63) is 22.2 Å². The largest absolute Gasteiger partial charge is 0.504 e. The summed E-state index contributed by atoms with van der Waals surface area (Å²) in [4.78, 5) is 11.0. The van der Waals surface area contributed by atoms with E-state index in [1.54, 1.807) is 19.9 Å². The maximum atomic E-state index is 11.0. The second-order valence-electron chi connectivity index (χ2n) is 5.08. The second-order valence-corrected chi connectivity index (χ2v) is 5.46. The third-order valence-corrected chi connectivity index (χ3v) is 3.58. The summed E-state index contributed by atoms with van der Waals surface area (Å²) in [6.45, 7) is 5.41. The second kappa shape index (κ2) is 5.70. The molecule has 0 fully saturated rings. The van der Waals surface area contributed by atoms with Crippen LogP contribution in [0.15, 0.2) is 6.07 Å². The molecule has 0 atom stereocenters. The van der Waals surface area contributed by atoms with Gasteiger partial charge in [-0.1, -0.05) is 32.4 Å². The Hall–Kier alpha value is -1.42. The number of rotatable bonds is 5. The zero-order valence-corrected chi connectivity index (χ0v) is 12.3. The summed E-state index contributed by atoms with van der Waals surface area (Å²) in [7, 11) is 1.45. The van der Waals surface area contributed by atoms with Crippen LogP contribution in [-0.2, 0) is 16.6 Å². The van der Waals surface area contributed by atoms with Crippen LogP contribution in [-0.4, -0.2) is 23.3 Å². The van der Waals surface area contributed by atoms with E-state index in [0.29, 0.717) is 22.8 Å². The first-order valence-corrected chi connectivity index (χ1v) is 6.43. The van der Waals surface area contributed by atoms with Gasteiger partial charge in [0.25, 0.3) is 0 Å². The normalized spacial score (nSPS) is 11.4. The standard InChI is InChI=1S/C14H19ClO4/c1-5-8-6-9(19-4)13(18)11(12(8)15)14(2,3)7-10(16)17/h6,18H,5,7H2,1-4H3,(H,16,17). The van der Waals surface area contributed by atoms with Gasteiger partial charge in [0.15, 0.2) is 11.5 Å². The number of carbonyl (C=O) groups is 1. The number of phenols is 1. The third kappa shape index (κ3) is 3.13. The lowest BCUT2D eigenvalue weighted by atomic mass is 9.80. The molecule has 1 aromatic carbocycles. The van der Waals surface area contributed by atoms with Crippen LogP contribution in [0.1, 0.15) is 38.3 Å². The van der Waals surface area contributed by atoms with Crippen molar-refractivity contribution in [3.8, 4) is 11.5 Å². The molecule has 0 bridgehead atoms. The van der Waals surface area contributed by atoms with Gasteiger partial charge in [-0.3, -0.25) is 4.79 Å². The average Bonchev–Trinajstić information content (AvgIpc) is 2.27. The number of aliphatic carboxylic acids is 1. The van der Waals surface area contributed by atoms with Crippen LogP contribution in [0.25, 0.3) is 0 Å². The predicted octanol–water partition coefficient (Wildman–Crippen LogP) is 3.37. The van der Waals surface area contributed by atoms with Crippen molar-refractivity contribution in [2.45, 2.75) is 39.0 Å². The summed E-state index contributed by atoms with van der Waals surface area (Å²) in [5.74, 6) is -0.716. The topological polar surface area (TPSA) is 66.8 Å². The monoisotopic (exact) mass is 286 g/mol. The number of ether oxygens (including phenoxy) is 1. The van der Waals surface area contributed by atoms with E-state index in [9.17, 15) is 9.90 Å². The van der Waals surface area contributed by atoms with Crippen LogP contribution in [0.3, 0.4) is 0 Å². The smallest absolute Gasteiger partial charge is 0.304 e. The summed E-state index contributed by atoms with van der Waals surface area (Å²) in [5, 5.41) is 19.6. The highest BCUT2D eigenvalue weighted by atomic mass is 35.5. The van der Waals surface area contributed by atoms with E-state index in [1.165, 1.54) is 7.11 Å². The highest BCUT2D eigenvalue weighted by Gasteiger charge is 2.32. The van der Waals surface area contributed by atoms with Gasteiger partial charge in [0, 0.05) is 11.0 Å². The van der Waals surface area contributed by atoms with Crippen LogP contribution in [0.5, 0.6) is 11.5 Å². The molecule has 5 heteroatoms. The van der Waals surface area contributed by atoms with E-state index < -0.39 is 11.4 Å². The first-order chi connectivity index (χ1) is 8.74. The number of benzene rings is 1. The van der Waals surface area contributed by atoms with Gasteiger partial charge in [-0.2, -0.15) is 0 Å². The number of halogens is 1. The Morgan fingerprint density at radius 2 is 2.05 bits per heavy atom. The zero-order chi connectivity index (χ0) is 14.8. The van der Waals surface area contributed by atoms with Crippen molar-refractivity contribution in [1.29, 1.82) is 0 Å². The van der Waals surface area contributed by atoms with Crippen LogP contribution >= 0.6 is 11.6 Å². The quantitative estimate of drug-likeness (QED) is 0.871. The van der Waals surface area contributed by atoms with Crippen LogP contribution in [0.4, 0.5) is 0 Å². The van der Waals surface area contributed by atoms with Gasteiger partial charge >= 0.3 is 5.97 Å². The molecule has 4 nitrogen and oxygen atoms in total. The molecule has 2 N–H and O–H groups in total. The molecular formula is C14H19ClO4. The summed E-state index contributed by atoms with van der Waals surface area (Å²) in [5.41, 5.74) is 0.461. The Bertz CT molecular complexity index is 466. The van der Waals surface area contributed by atoms with Crippen LogP contribution < -0.4 is 4.74 Å². The number of hydrogen-bond acceptors (Lipinski definition) is 3. The molecule has 0 amide bonds. The van der Waals surface area contributed by atoms with E-state index in [0.717, 1.165) is 5.56 Å². The number of aromatic hydroxyl groups is 1. The van der Waals surface area contributed by atoms with Gasteiger partial charge < -0.3 is 14.9 Å². The lowest BCUT2D eigenvalue weighted by molar-refractivity contribution is -0.138. The van der Waals surface area contributed by atoms with Gasteiger partial charge in [0.05, 0.1) is 18.6 Å². The molecule has 0 unspecified atom stereocenters. The number of phenolic OH excluding ortho intramolecular Hbond substituents is 1. The minimum absolute atomic E-state index is 0.0871. The van der Waals surface area contributed by atoms with Crippen molar-refractivity contribution in [2.75, 3.05) is 7.11 Å². The Kier molecular flexibility index (Phi) is 4.69. The first-order valence-electron chi connectivity index (χ1n) is 6.05. The molecule has 0 spiro atoms. The van der Waals surface area contributed by atoms with Gasteiger partial charge in [-0.25, -0.2) is 0 Å². The van der Waals surface area contributed by atoms with E-state index in [2.05, 4.69) is 0 Å². The summed E-state index contributed by atoms with van der Waals surface area (Å²) >= 11 is 6.30. The molecule has 0 aliphatic rings. The predicted molar refractivity (Wildman–Crippen MR) is 74.3 cm³/mol. The van der Waals surface area contributed by atoms with Crippen molar-refractivity contribution < 1.29 is 19.7 Å². The fourth-order valence-electron chi connectivity index (χ4n) is 2.17. The van der Waals surface area contributed by atoms with E-state index in [-0.39, 0.29) is 12.2 Å².